The molecule has 0 bridgehead atoms. The Kier molecular flexibility index (Phi) is 10.3. The average molecular weight is 369 g/mol. The molecule has 0 aliphatic carbocycles. The summed E-state index contributed by atoms with van der Waals surface area (Å²) in [6.45, 7) is 16.4. The fourth-order valence-corrected chi connectivity index (χ4v) is 3.97. The number of aliphatic imine (C=N–C) groups is 1. The molecule has 6 nitrogen and oxygen atoms in total. The van der Waals surface area contributed by atoms with E-state index in [1.807, 2.05) is 0 Å². The molecule has 0 aromatic rings. The normalized spacial score (nSPS) is 27.7. The number of ether oxygens (including phenoxy) is 2. The lowest BCUT2D eigenvalue weighted by atomic mass is 9.92. The number of likely N-dealkylation sites (tertiary alicyclic amines) is 1. The Hall–Kier alpha value is -0.850. The maximum Gasteiger partial charge on any atom is 0.191 e. The van der Waals surface area contributed by atoms with Gasteiger partial charge < -0.3 is 25.0 Å². The summed E-state index contributed by atoms with van der Waals surface area (Å²) in [6.07, 6.45) is 3.47. The third-order valence-electron chi connectivity index (χ3n) is 5.10. The third-order valence-corrected chi connectivity index (χ3v) is 5.10. The minimum absolute atomic E-state index is 0.595. The second kappa shape index (κ2) is 12.5. The van der Waals surface area contributed by atoms with Gasteiger partial charge >= 0.3 is 0 Å². The van der Waals surface area contributed by atoms with Crippen molar-refractivity contribution in [3.63, 3.8) is 0 Å². The Balaban J connectivity index is 1.56. The molecule has 6 heteroatoms. The Bertz CT molecular complexity index is 389. The van der Waals surface area contributed by atoms with E-state index in [0.29, 0.717) is 5.92 Å². The first-order valence-corrected chi connectivity index (χ1v) is 10.6. The smallest absolute Gasteiger partial charge is 0.191 e. The molecule has 3 unspecified atom stereocenters. The van der Waals surface area contributed by atoms with Gasteiger partial charge in [0, 0.05) is 58.4 Å². The molecule has 2 N–H and O–H groups in total. The molecule has 2 saturated heterocycles. The van der Waals surface area contributed by atoms with Crippen LogP contribution in [0, 0.1) is 17.8 Å². The molecular formula is C20H40N4O2. The van der Waals surface area contributed by atoms with Crippen LogP contribution in [0.15, 0.2) is 4.99 Å². The van der Waals surface area contributed by atoms with Gasteiger partial charge in [0.1, 0.15) is 0 Å². The number of nitrogens with one attached hydrogen (secondary N) is 2. The van der Waals surface area contributed by atoms with E-state index in [-0.39, 0.29) is 0 Å². The van der Waals surface area contributed by atoms with E-state index in [0.717, 1.165) is 83.2 Å². The predicted molar refractivity (Wildman–Crippen MR) is 108 cm³/mol. The van der Waals surface area contributed by atoms with Crippen molar-refractivity contribution >= 4 is 5.96 Å². The van der Waals surface area contributed by atoms with Crippen LogP contribution < -0.4 is 10.6 Å². The van der Waals surface area contributed by atoms with Crippen LogP contribution in [0.2, 0.25) is 0 Å². The highest BCUT2D eigenvalue weighted by Gasteiger charge is 2.21. The molecule has 2 fully saturated rings. The molecule has 0 spiro atoms. The largest absolute Gasteiger partial charge is 0.381 e. The van der Waals surface area contributed by atoms with Crippen LogP contribution in [-0.4, -0.2) is 76.6 Å². The Labute approximate surface area is 160 Å². The summed E-state index contributed by atoms with van der Waals surface area (Å²) in [5.41, 5.74) is 0. The summed E-state index contributed by atoms with van der Waals surface area (Å²) in [5, 5.41) is 6.81. The molecule has 26 heavy (non-hydrogen) atoms. The lowest BCUT2D eigenvalue weighted by Crippen LogP contribution is -2.45. The van der Waals surface area contributed by atoms with E-state index < -0.39 is 0 Å². The van der Waals surface area contributed by atoms with Gasteiger partial charge in [-0.05, 0) is 38.0 Å². The number of nitrogens with zero attached hydrogens (tertiary/aromatic N) is 2. The first-order valence-electron chi connectivity index (χ1n) is 10.6. The average Bonchev–Trinajstić information content (AvgIpc) is 3.10. The molecule has 0 radical (unpaired) electrons. The molecule has 2 aliphatic rings. The van der Waals surface area contributed by atoms with Gasteiger partial charge in [0.25, 0.3) is 0 Å². The molecule has 0 saturated carbocycles. The monoisotopic (exact) mass is 368 g/mol. The summed E-state index contributed by atoms with van der Waals surface area (Å²) in [5.74, 6) is 3.15. The van der Waals surface area contributed by atoms with E-state index in [4.69, 9.17) is 9.47 Å². The van der Waals surface area contributed by atoms with Crippen molar-refractivity contribution in [1.29, 1.82) is 0 Å². The minimum Gasteiger partial charge on any atom is -0.381 e. The van der Waals surface area contributed by atoms with Crippen LogP contribution in [-0.2, 0) is 9.47 Å². The molecule has 0 aromatic heterocycles. The maximum atomic E-state index is 5.74. The Morgan fingerprint density at radius 2 is 2.04 bits per heavy atom. The molecule has 2 rings (SSSR count). The van der Waals surface area contributed by atoms with Crippen molar-refractivity contribution in [2.24, 2.45) is 22.7 Å². The van der Waals surface area contributed by atoms with Crippen LogP contribution in [0.1, 0.15) is 40.0 Å². The van der Waals surface area contributed by atoms with E-state index >= 15 is 0 Å². The Morgan fingerprint density at radius 3 is 2.73 bits per heavy atom. The molecular weight excluding hydrogens is 328 g/mol. The molecule has 3 atom stereocenters. The second-order valence-electron chi connectivity index (χ2n) is 8.05. The van der Waals surface area contributed by atoms with Gasteiger partial charge in [-0.15, -0.1) is 0 Å². The summed E-state index contributed by atoms with van der Waals surface area (Å²) >= 11 is 0. The predicted octanol–water partition coefficient (Wildman–Crippen LogP) is 1.96. The van der Waals surface area contributed by atoms with Crippen LogP contribution in [0.3, 0.4) is 0 Å². The van der Waals surface area contributed by atoms with E-state index in [1.165, 1.54) is 19.5 Å². The van der Waals surface area contributed by atoms with Crippen molar-refractivity contribution in [1.82, 2.24) is 15.5 Å². The first kappa shape index (κ1) is 21.5. The zero-order valence-corrected chi connectivity index (χ0v) is 17.1. The lowest BCUT2D eigenvalue weighted by Gasteiger charge is -2.35. The molecule has 152 valence electrons. The highest BCUT2D eigenvalue weighted by atomic mass is 16.5. The van der Waals surface area contributed by atoms with Crippen LogP contribution in [0.25, 0.3) is 0 Å². The maximum absolute atomic E-state index is 5.74. The zero-order chi connectivity index (χ0) is 18.6. The van der Waals surface area contributed by atoms with Gasteiger partial charge in [0.05, 0.1) is 13.2 Å². The van der Waals surface area contributed by atoms with Crippen molar-refractivity contribution in [2.75, 3.05) is 65.7 Å². The van der Waals surface area contributed by atoms with Crippen molar-refractivity contribution in [2.45, 2.75) is 40.0 Å². The van der Waals surface area contributed by atoms with Gasteiger partial charge in [-0.25, -0.2) is 0 Å². The fraction of sp³-hybridized carbons (Fsp3) is 0.950. The molecule has 2 heterocycles. The number of hydrogen-bond acceptors (Lipinski definition) is 4. The highest BCUT2D eigenvalue weighted by molar-refractivity contribution is 5.79. The van der Waals surface area contributed by atoms with Gasteiger partial charge in [-0.3, -0.25) is 4.99 Å². The quantitative estimate of drug-likeness (QED) is 0.351. The summed E-state index contributed by atoms with van der Waals surface area (Å²) < 4.78 is 11.1. The van der Waals surface area contributed by atoms with E-state index in [2.05, 4.69) is 41.3 Å². The second-order valence-corrected chi connectivity index (χ2v) is 8.05. The minimum atomic E-state index is 0.595. The number of hydrogen-bond donors (Lipinski definition) is 2. The third kappa shape index (κ3) is 8.69. The van der Waals surface area contributed by atoms with Gasteiger partial charge in [-0.1, -0.05) is 13.8 Å². The number of piperidine rings is 1. The van der Waals surface area contributed by atoms with Gasteiger partial charge in [0.15, 0.2) is 5.96 Å². The van der Waals surface area contributed by atoms with Gasteiger partial charge in [0.2, 0.25) is 0 Å². The number of guanidine groups is 1. The highest BCUT2D eigenvalue weighted by Crippen LogP contribution is 2.20. The van der Waals surface area contributed by atoms with Crippen molar-refractivity contribution in [3.8, 4) is 0 Å². The molecule has 0 amide bonds. The standard InChI is InChI=1S/C20H40N4O2/c1-4-21-20(22-7-5-10-25-15-19-6-11-26-16-19)23-8-9-24-13-17(2)12-18(3)14-24/h17-19H,4-16H2,1-3H3,(H2,21,22,23). The van der Waals surface area contributed by atoms with Crippen LogP contribution in [0.5, 0.6) is 0 Å². The number of rotatable bonds is 10. The topological polar surface area (TPSA) is 58.1 Å². The van der Waals surface area contributed by atoms with Crippen molar-refractivity contribution in [3.05, 3.63) is 0 Å². The lowest BCUT2D eigenvalue weighted by molar-refractivity contribution is 0.0893. The molecule has 0 aromatic carbocycles. The summed E-state index contributed by atoms with van der Waals surface area (Å²) in [7, 11) is 0. The first-order chi connectivity index (χ1) is 12.7. The molecule has 2 aliphatic heterocycles. The van der Waals surface area contributed by atoms with Crippen LogP contribution in [0.4, 0.5) is 0 Å². The van der Waals surface area contributed by atoms with Gasteiger partial charge in [-0.2, -0.15) is 0 Å². The van der Waals surface area contributed by atoms with Crippen molar-refractivity contribution < 1.29 is 9.47 Å². The fourth-order valence-electron chi connectivity index (χ4n) is 3.97. The SMILES string of the molecule is CCNC(=NCCCOCC1CCOC1)NCCN1CC(C)CC(C)C1. The van der Waals surface area contributed by atoms with E-state index in [1.54, 1.807) is 0 Å². The van der Waals surface area contributed by atoms with E-state index in [9.17, 15) is 0 Å². The Morgan fingerprint density at radius 1 is 1.23 bits per heavy atom. The summed E-state index contributed by atoms with van der Waals surface area (Å²) in [4.78, 5) is 7.25. The zero-order valence-electron chi connectivity index (χ0n) is 17.1. The summed E-state index contributed by atoms with van der Waals surface area (Å²) in [6, 6.07) is 0. The van der Waals surface area contributed by atoms with Crippen LogP contribution >= 0.6 is 0 Å².